The minimum atomic E-state index is 0.00579. The quantitative estimate of drug-likeness (QED) is 0.887. The molecule has 2 rings (SSSR count). The molecule has 19 heavy (non-hydrogen) atoms. The lowest BCUT2D eigenvalue weighted by molar-refractivity contribution is -0.125. The lowest BCUT2D eigenvalue weighted by atomic mass is 10.1. The molecule has 0 bridgehead atoms. The van der Waals surface area contributed by atoms with Gasteiger partial charge in [-0.3, -0.25) is 4.79 Å². The van der Waals surface area contributed by atoms with Crippen LogP contribution in [0.2, 0.25) is 0 Å². The number of ether oxygens (including phenoxy) is 1. The molecule has 1 fully saturated rings. The first-order valence-electron chi connectivity index (χ1n) is 6.75. The van der Waals surface area contributed by atoms with Gasteiger partial charge in [0.25, 0.3) is 0 Å². The lowest BCUT2D eigenvalue weighted by Crippen LogP contribution is -2.41. The molecule has 106 valence electrons. The van der Waals surface area contributed by atoms with Gasteiger partial charge in [-0.2, -0.15) is 0 Å². The van der Waals surface area contributed by atoms with Crippen molar-refractivity contribution in [3.05, 3.63) is 21.4 Å². The van der Waals surface area contributed by atoms with Crippen LogP contribution in [0.1, 0.15) is 34.7 Å². The Morgan fingerprint density at radius 1 is 1.63 bits per heavy atom. The fourth-order valence-corrected chi connectivity index (χ4v) is 3.44. The maximum atomic E-state index is 12.0. The van der Waals surface area contributed by atoms with Crippen molar-refractivity contribution in [2.24, 2.45) is 0 Å². The summed E-state index contributed by atoms with van der Waals surface area (Å²) in [6.07, 6.45) is 0.436. The van der Waals surface area contributed by atoms with E-state index in [9.17, 15) is 4.79 Å². The summed E-state index contributed by atoms with van der Waals surface area (Å²) in [5, 5.41) is 6.29. The second kappa shape index (κ2) is 6.50. The van der Waals surface area contributed by atoms with E-state index in [2.05, 4.69) is 30.5 Å². The molecule has 1 aromatic heterocycles. The minimum absolute atomic E-state index is 0.00579. The lowest BCUT2D eigenvalue weighted by Gasteiger charge is -2.24. The summed E-state index contributed by atoms with van der Waals surface area (Å²) in [4.78, 5) is 14.6. The number of carbonyl (C=O) groups is 1. The van der Waals surface area contributed by atoms with E-state index in [-0.39, 0.29) is 18.1 Å². The summed E-state index contributed by atoms with van der Waals surface area (Å²) in [5.74, 6) is 0.0597. The fraction of sp³-hybridized carbons (Fsp3) is 0.643. The van der Waals surface area contributed by atoms with Gasteiger partial charge in [-0.1, -0.05) is 0 Å². The van der Waals surface area contributed by atoms with Gasteiger partial charge in [0, 0.05) is 22.8 Å². The molecule has 2 N–H and O–H groups in total. The van der Waals surface area contributed by atoms with Crippen LogP contribution in [0.4, 0.5) is 0 Å². The average Bonchev–Trinajstić information content (AvgIpc) is 2.69. The average molecular weight is 282 g/mol. The Kier molecular flexibility index (Phi) is 4.96. The highest BCUT2D eigenvalue weighted by Gasteiger charge is 2.19. The highest BCUT2D eigenvalue weighted by Crippen LogP contribution is 2.26. The summed E-state index contributed by atoms with van der Waals surface area (Å²) in [6, 6.07) is 2.22. The van der Waals surface area contributed by atoms with E-state index in [0.29, 0.717) is 13.0 Å². The van der Waals surface area contributed by atoms with Gasteiger partial charge in [-0.15, -0.1) is 11.3 Å². The molecule has 1 aliphatic rings. The van der Waals surface area contributed by atoms with Crippen molar-refractivity contribution in [1.82, 2.24) is 10.6 Å². The Morgan fingerprint density at radius 2 is 2.42 bits per heavy atom. The highest BCUT2D eigenvalue weighted by atomic mass is 32.1. The second-order valence-electron chi connectivity index (χ2n) is 5.06. The van der Waals surface area contributed by atoms with E-state index in [0.717, 1.165) is 13.1 Å². The summed E-state index contributed by atoms with van der Waals surface area (Å²) in [6.45, 7) is 8.56. The molecule has 4 nitrogen and oxygen atoms in total. The van der Waals surface area contributed by atoms with Gasteiger partial charge in [-0.05, 0) is 32.4 Å². The predicted molar refractivity (Wildman–Crippen MR) is 77.6 cm³/mol. The maximum absolute atomic E-state index is 12.0. The molecule has 5 heteroatoms. The monoisotopic (exact) mass is 282 g/mol. The van der Waals surface area contributed by atoms with E-state index < -0.39 is 0 Å². The van der Waals surface area contributed by atoms with Crippen LogP contribution in [0.25, 0.3) is 0 Å². The molecular weight excluding hydrogens is 260 g/mol. The molecule has 2 heterocycles. The highest BCUT2D eigenvalue weighted by molar-refractivity contribution is 7.12. The van der Waals surface area contributed by atoms with E-state index in [1.165, 1.54) is 15.3 Å². The first-order chi connectivity index (χ1) is 9.06. The Bertz CT molecular complexity index is 439. The van der Waals surface area contributed by atoms with E-state index in [1.54, 1.807) is 11.3 Å². The van der Waals surface area contributed by atoms with E-state index in [1.807, 2.05) is 6.92 Å². The number of aryl methyl sites for hydroxylation is 2. The number of morpholine rings is 1. The molecular formula is C14H22N2O2S. The Hall–Kier alpha value is -0.910. The number of hydrogen-bond donors (Lipinski definition) is 2. The first-order valence-corrected chi connectivity index (χ1v) is 7.56. The fourth-order valence-electron chi connectivity index (χ4n) is 2.42. The van der Waals surface area contributed by atoms with Crippen molar-refractivity contribution in [3.63, 3.8) is 0 Å². The number of rotatable bonds is 4. The molecule has 1 aromatic rings. The molecule has 0 aliphatic carbocycles. The normalized spacial score (nSPS) is 21.1. The van der Waals surface area contributed by atoms with Crippen LogP contribution in [0.5, 0.6) is 0 Å². The summed E-state index contributed by atoms with van der Waals surface area (Å²) < 4.78 is 5.54. The number of hydrogen-bond acceptors (Lipinski definition) is 4. The van der Waals surface area contributed by atoms with Crippen molar-refractivity contribution in [2.75, 3.05) is 19.7 Å². The van der Waals surface area contributed by atoms with Gasteiger partial charge in [0.15, 0.2) is 0 Å². The van der Waals surface area contributed by atoms with Gasteiger partial charge in [-0.25, -0.2) is 0 Å². The zero-order chi connectivity index (χ0) is 13.8. The number of nitrogens with one attached hydrogen (secondary N) is 2. The van der Waals surface area contributed by atoms with Crippen LogP contribution in [-0.4, -0.2) is 31.7 Å². The first kappa shape index (κ1) is 14.5. The zero-order valence-corrected chi connectivity index (χ0v) is 12.6. The van der Waals surface area contributed by atoms with Crippen LogP contribution < -0.4 is 10.6 Å². The zero-order valence-electron chi connectivity index (χ0n) is 11.8. The largest absolute Gasteiger partial charge is 0.375 e. The van der Waals surface area contributed by atoms with Gasteiger partial charge in [0.2, 0.25) is 5.91 Å². The maximum Gasteiger partial charge on any atom is 0.223 e. The predicted octanol–water partition coefficient (Wildman–Crippen LogP) is 1.92. The van der Waals surface area contributed by atoms with Crippen molar-refractivity contribution in [3.8, 4) is 0 Å². The molecule has 1 aliphatic heterocycles. The van der Waals surface area contributed by atoms with Crippen LogP contribution in [-0.2, 0) is 9.53 Å². The number of thiophene rings is 1. The van der Waals surface area contributed by atoms with Crippen LogP contribution >= 0.6 is 11.3 Å². The Morgan fingerprint density at radius 3 is 3.00 bits per heavy atom. The van der Waals surface area contributed by atoms with Crippen molar-refractivity contribution >= 4 is 17.2 Å². The molecule has 0 spiro atoms. The molecule has 1 saturated heterocycles. The molecule has 2 unspecified atom stereocenters. The van der Waals surface area contributed by atoms with Crippen LogP contribution in [0.3, 0.4) is 0 Å². The minimum Gasteiger partial charge on any atom is -0.375 e. The molecule has 0 radical (unpaired) electrons. The molecule has 0 aromatic carbocycles. The van der Waals surface area contributed by atoms with E-state index in [4.69, 9.17) is 4.74 Å². The SMILES string of the molecule is Cc1cc(C(C)NC(=O)CC2CNCCO2)c(C)s1. The number of amides is 1. The smallest absolute Gasteiger partial charge is 0.223 e. The third-order valence-electron chi connectivity index (χ3n) is 3.34. The van der Waals surface area contributed by atoms with Crippen LogP contribution in [0, 0.1) is 13.8 Å². The topological polar surface area (TPSA) is 50.4 Å². The van der Waals surface area contributed by atoms with Crippen molar-refractivity contribution in [2.45, 2.75) is 39.3 Å². The van der Waals surface area contributed by atoms with E-state index >= 15 is 0 Å². The summed E-state index contributed by atoms with van der Waals surface area (Å²) >= 11 is 1.77. The standard InChI is InChI=1S/C14H22N2O2S/c1-9-6-13(11(3)19-9)10(2)16-14(17)7-12-8-15-4-5-18-12/h6,10,12,15H,4-5,7-8H2,1-3H3,(H,16,17). The Balaban J connectivity index is 1.86. The third kappa shape index (κ3) is 4.03. The van der Waals surface area contributed by atoms with Gasteiger partial charge in [0.1, 0.15) is 0 Å². The molecule has 1 amide bonds. The van der Waals surface area contributed by atoms with Gasteiger partial charge < -0.3 is 15.4 Å². The summed E-state index contributed by atoms with van der Waals surface area (Å²) in [5.41, 5.74) is 1.22. The van der Waals surface area contributed by atoms with Crippen LogP contribution in [0.15, 0.2) is 6.07 Å². The Labute approximate surface area is 118 Å². The third-order valence-corrected chi connectivity index (χ3v) is 4.32. The van der Waals surface area contributed by atoms with Gasteiger partial charge >= 0.3 is 0 Å². The molecule has 2 atom stereocenters. The number of carbonyl (C=O) groups excluding carboxylic acids is 1. The van der Waals surface area contributed by atoms with Gasteiger partial charge in [0.05, 0.1) is 25.2 Å². The van der Waals surface area contributed by atoms with Crippen molar-refractivity contribution in [1.29, 1.82) is 0 Å². The molecule has 0 saturated carbocycles. The second-order valence-corrected chi connectivity index (χ2v) is 6.52. The summed E-state index contributed by atoms with van der Waals surface area (Å²) in [7, 11) is 0. The van der Waals surface area contributed by atoms with Crippen molar-refractivity contribution < 1.29 is 9.53 Å².